The zero-order valence-electron chi connectivity index (χ0n) is 64.7. The zero-order chi connectivity index (χ0) is 75.3. The number of aliphatic hydroxyl groups excluding tert-OH is 11. The van der Waals surface area contributed by atoms with Crippen molar-refractivity contribution in [3.63, 3.8) is 0 Å². The number of amides is 1. The molecule has 0 aliphatic carbocycles. The normalized spacial score (nSPS) is 26.3. The van der Waals surface area contributed by atoms with E-state index in [9.17, 15) is 61.0 Å². The number of hydrogen-bond acceptors (Lipinski definition) is 18. The van der Waals surface area contributed by atoms with E-state index in [0.29, 0.717) is 12.8 Å². The molecule has 0 aromatic heterocycles. The molecule has 0 bridgehead atoms. The van der Waals surface area contributed by atoms with Crippen molar-refractivity contribution in [1.29, 1.82) is 0 Å². The largest absolute Gasteiger partial charge is 0.394 e. The third kappa shape index (κ3) is 44.0. The van der Waals surface area contributed by atoms with Crippen molar-refractivity contribution in [2.24, 2.45) is 0 Å². The monoisotopic (exact) mass is 1470 g/mol. The molecule has 3 aliphatic heterocycles. The van der Waals surface area contributed by atoms with Gasteiger partial charge in [0.05, 0.1) is 38.6 Å². The summed E-state index contributed by atoms with van der Waals surface area (Å²) in [5, 5.41) is 121. The maximum Gasteiger partial charge on any atom is 0.220 e. The summed E-state index contributed by atoms with van der Waals surface area (Å²) >= 11 is 0. The number of carbonyl (C=O) groups excluding carboxylic acids is 1. The van der Waals surface area contributed by atoms with Gasteiger partial charge < -0.3 is 89.9 Å². The molecule has 19 nitrogen and oxygen atoms in total. The first kappa shape index (κ1) is 95.2. The molecule has 3 fully saturated rings. The van der Waals surface area contributed by atoms with Crippen LogP contribution >= 0.6 is 0 Å². The molecular weight excluding hydrogens is 1320 g/mol. The third-order valence-electron chi connectivity index (χ3n) is 20.4. The molecule has 104 heavy (non-hydrogen) atoms. The fraction of sp³-hybridized carbons (Fsp3) is 0.824. The number of nitrogens with one attached hydrogen (secondary N) is 1. The minimum atomic E-state index is -1.98. The smallest absolute Gasteiger partial charge is 0.220 e. The molecule has 3 heterocycles. The molecule has 3 rings (SSSR count). The van der Waals surface area contributed by atoms with E-state index in [4.69, 9.17) is 28.4 Å². The summed E-state index contributed by atoms with van der Waals surface area (Å²) < 4.78 is 34.5. The van der Waals surface area contributed by atoms with E-state index in [0.717, 1.165) is 70.6 Å². The standard InChI is InChI=1S/C85H151NO18/c1-3-5-7-9-11-13-15-17-19-21-23-25-27-29-31-32-33-34-35-36-37-39-41-43-45-47-49-51-53-55-57-59-61-63-73(91)86-68(69(90)62-60-58-56-54-52-50-48-46-44-42-40-38-30-28-26-24-22-20-18-16-14-12-10-8-6-4-2)67-99-83-79(97)76(94)81(71(65-88)101-83)104-85-80(98)77(95)82(72(66-89)102-85)103-84-78(96)75(93)74(92)70(64-87)100-84/h5,7,11,13,17,19,23,25,29,31,52,54,60,62,68-72,74-85,87-90,92-98H,3-4,6,8-10,12,14-16,18,20-22,24,26-28,30,32-51,53,55-59,61,63-67H2,1-2H3,(H,86,91)/b7-5-,13-11-,19-17-,25-23-,31-29-,54-52+,62-60+. The zero-order valence-corrected chi connectivity index (χ0v) is 64.7. The lowest BCUT2D eigenvalue weighted by Crippen LogP contribution is -2.66. The highest BCUT2D eigenvalue weighted by Gasteiger charge is 2.54. The van der Waals surface area contributed by atoms with Gasteiger partial charge in [-0.25, -0.2) is 0 Å². The van der Waals surface area contributed by atoms with Crippen molar-refractivity contribution in [3.05, 3.63) is 85.1 Å². The molecule has 0 aromatic rings. The summed E-state index contributed by atoms with van der Waals surface area (Å²) in [4.78, 5) is 13.5. The maximum atomic E-state index is 13.5. The Kier molecular flexibility index (Phi) is 59.3. The van der Waals surface area contributed by atoms with Crippen LogP contribution in [0, 0.1) is 0 Å². The van der Waals surface area contributed by atoms with Gasteiger partial charge in [0.2, 0.25) is 5.91 Å². The summed E-state index contributed by atoms with van der Waals surface area (Å²) in [6, 6.07) is -0.995. The predicted octanol–water partition coefficient (Wildman–Crippen LogP) is 14.6. The second-order valence-corrected chi connectivity index (χ2v) is 29.6. The minimum Gasteiger partial charge on any atom is -0.394 e. The van der Waals surface area contributed by atoms with E-state index in [1.165, 1.54) is 212 Å². The second-order valence-electron chi connectivity index (χ2n) is 29.6. The molecule has 17 unspecified atom stereocenters. The van der Waals surface area contributed by atoms with E-state index in [1.807, 2.05) is 6.08 Å². The summed E-state index contributed by atoms with van der Waals surface area (Å²) in [6.07, 6.45) is 60.0. The summed E-state index contributed by atoms with van der Waals surface area (Å²) in [5.41, 5.74) is 0. The molecule has 1 amide bonds. The number of carbonyl (C=O) groups is 1. The molecule has 0 aromatic carbocycles. The van der Waals surface area contributed by atoms with Gasteiger partial charge in [-0.15, -0.1) is 0 Å². The van der Waals surface area contributed by atoms with Gasteiger partial charge in [0.1, 0.15) is 73.2 Å². The fourth-order valence-corrected chi connectivity index (χ4v) is 13.8. The summed E-state index contributed by atoms with van der Waals surface area (Å²) in [7, 11) is 0. The van der Waals surface area contributed by atoms with Gasteiger partial charge in [0, 0.05) is 6.42 Å². The number of aliphatic hydroxyl groups is 11. The third-order valence-corrected chi connectivity index (χ3v) is 20.4. The van der Waals surface area contributed by atoms with Crippen LogP contribution in [0.15, 0.2) is 85.1 Å². The van der Waals surface area contributed by atoms with Gasteiger partial charge in [-0.1, -0.05) is 317 Å². The van der Waals surface area contributed by atoms with E-state index >= 15 is 0 Å². The second kappa shape index (κ2) is 64.8. The van der Waals surface area contributed by atoms with Crippen molar-refractivity contribution in [3.8, 4) is 0 Å². The van der Waals surface area contributed by atoms with E-state index in [1.54, 1.807) is 6.08 Å². The average Bonchev–Trinajstić information content (AvgIpc) is 0.783. The van der Waals surface area contributed by atoms with Crippen LogP contribution in [0.25, 0.3) is 0 Å². The Hall–Kier alpha value is -3.03. The molecule has 3 saturated heterocycles. The van der Waals surface area contributed by atoms with Crippen LogP contribution in [-0.2, 0) is 33.2 Å². The highest BCUT2D eigenvalue weighted by atomic mass is 16.8. The first-order valence-electron chi connectivity index (χ1n) is 41.8. The molecule has 17 atom stereocenters. The Balaban J connectivity index is 1.36. The van der Waals surface area contributed by atoms with Crippen LogP contribution in [0.2, 0.25) is 0 Å². The molecular formula is C85H151NO18. The van der Waals surface area contributed by atoms with Crippen LogP contribution in [0.5, 0.6) is 0 Å². The highest BCUT2D eigenvalue weighted by molar-refractivity contribution is 5.76. The first-order valence-corrected chi connectivity index (χ1v) is 41.8. The SMILES string of the molecule is CC/C=C\C/C=C\C/C=C\C/C=C\C/C=C\CCCCCCCCCCCCCCCCCCCC(=O)NC(COC1OC(CO)C(OC2OC(CO)C(OC3OC(CO)C(O)C(O)C3O)C(O)C2O)C(O)C1O)C(O)/C=C/CC/C=C/CCCCCCCCCCCCCCCCCCCCCC. The highest BCUT2D eigenvalue weighted by Crippen LogP contribution is 2.33. The quantitative estimate of drug-likeness (QED) is 0.0199. The Bertz CT molecular complexity index is 2210. The van der Waals surface area contributed by atoms with E-state index in [-0.39, 0.29) is 18.9 Å². The van der Waals surface area contributed by atoms with E-state index < -0.39 is 124 Å². The van der Waals surface area contributed by atoms with Gasteiger partial charge in [0.15, 0.2) is 18.9 Å². The van der Waals surface area contributed by atoms with Crippen LogP contribution < -0.4 is 5.32 Å². The summed E-state index contributed by atoms with van der Waals surface area (Å²) in [6.45, 7) is 1.64. The lowest BCUT2D eigenvalue weighted by Gasteiger charge is -2.48. The van der Waals surface area contributed by atoms with Crippen LogP contribution in [0.1, 0.15) is 316 Å². The molecule has 604 valence electrons. The van der Waals surface area contributed by atoms with Crippen molar-refractivity contribution in [1.82, 2.24) is 5.32 Å². The minimum absolute atomic E-state index is 0.234. The van der Waals surface area contributed by atoms with Crippen molar-refractivity contribution >= 4 is 5.91 Å². The molecule has 3 aliphatic rings. The van der Waals surface area contributed by atoms with E-state index in [2.05, 4.69) is 92.1 Å². The molecule has 0 radical (unpaired) electrons. The Morgan fingerprint density at radius 1 is 0.356 bits per heavy atom. The van der Waals surface area contributed by atoms with Gasteiger partial charge >= 0.3 is 0 Å². The van der Waals surface area contributed by atoms with Gasteiger partial charge in [0.25, 0.3) is 0 Å². The molecule has 0 spiro atoms. The number of allylic oxidation sites excluding steroid dienone is 13. The molecule has 12 N–H and O–H groups in total. The predicted molar refractivity (Wildman–Crippen MR) is 415 cm³/mol. The van der Waals surface area contributed by atoms with Gasteiger partial charge in [-0.3, -0.25) is 4.79 Å². The topological polar surface area (TPSA) is 307 Å². The van der Waals surface area contributed by atoms with Crippen molar-refractivity contribution in [2.75, 3.05) is 26.4 Å². The number of hydrogen-bond donors (Lipinski definition) is 12. The number of ether oxygens (including phenoxy) is 6. The fourth-order valence-electron chi connectivity index (χ4n) is 13.8. The van der Waals surface area contributed by atoms with Crippen molar-refractivity contribution in [2.45, 2.75) is 420 Å². The Labute approximate surface area is 629 Å². The number of unbranched alkanes of at least 4 members (excludes halogenated alkanes) is 38. The number of rotatable bonds is 66. The van der Waals surface area contributed by atoms with Crippen LogP contribution in [0.3, 0.4) is 0 Å². The van der Waals surface area contributed by atoms with Crippen LogP contribution in [-0.4, -0.2) is 193 Å². The Morgan fingerprint density at radius 2 is 0.673 bits per heavy atom. The van der Waals surface area contributed by atoms with Gasteiger partial charge in [-0.2, -0.15) is 0 Å². The maximum absolute atomic E-state index is 13.5. The first-order chi connectivity index (χ1) is 50.8. The summed E-state index contributed by atoms with van der Waals surface area (Å²) in [5.74, 6) is -0.283. The lowest BCUT2D eigenvalue weighted by atomic mass is 9.96. The molecule has 19 heteroatoms. The molecule has 0 saturated carbocycles. The van der Waals surface area contributed by atoms with Crippen molar-refractivity contribution < 1.29 is 89.4 Å². The Morgan fingerprint density at radius 3 is 1.08 bits per heavy atom. The van der Waals surface area contributed by atoms with Crippen LogP contribution in [0.4, 0.5) is 0 Å². The lowest BCUT2D eigenvalue weighted by molar-refractivity contribution is -0.379. The average molecular weight is 1480 g/mol. The van der Waals surface area contributed by atoms with Gasteiger partial charge in [-0.05, 0) is 77.0 Å².